The minimum atomic E-state index is -0.703. The van der Waals surface area contributed by atoms with Gasteiger partial charge in [-0.05, 0) is 25.0 Å². The van der Waals surface area contributed by atoms with Crippen molar-refractivity contribution in [2.24, 2.45) is 0 Å². The van der Waals surface area contributed by atoms with E-state index in [9.17, 15) is 13.6 Å². The van der Waals surface area contributed by atoms with Crippen LogP contribution in [0.3, 0.4) is 0 Å². The molecule has 2 N–H and O–H groups in total. The molecular formula is C13H18F2N2O. The second kappa shape index (κ2) is 6.93. The molecule has 0 bridgehead atoms. The van der Waals surface area contributed by atoms with E-state index in [1.807, 2.05) is 13.8 Å². The molecule has 5 heteroatoms. The average Bonchev–Trinajstić information content (AvgIpc) is 2.35. The monoisotopic (exact) mass is 256 g/mol. The van der Waals surface area contributed by atoms with E-state index in [2.05, 4.69) is 10.6 Å². The number of carbonyl (C=O) groups excluding carboxylic acids is 1. The molecule has 0 aliphatic rings. The van der Waals surface area contributed by atoms with Crippen molar-refractivity contribution in [2.45, 2.75) is 32.7 Å². The van der Waals surface area contributed by atoms with Crippen LogP contribution in [0, 0.1) is 11.6 Å². The maximum absolute atomic E-state index is 13.3. The van der Waals surface area contributed by atoms with E-state index in [0.29, 0.717) is 0 Å². The van der Waals surface area contributed by atoms with E-state index in [1.165, 1.54) is 6.07 Å². The first kappa shape index (κ1) is 14.4. The normalized spacial score (nSPS) is 10.5. The quantitative estimate of drug-likeness (QED) is 0.821. The fraction of sp³-hybridized carbons (Fsp3) is 0.462. The summed E-state index contributed by atoms with van der Waals surface area (Å²) in [5.41, 5.74) is -0.266. The number of para-hydroxylation sites is 1. The van der Waals surface area contributed by atoms with Gasteiger partial charge < -0.3 is 10.6 Å². The SMILES string of the molecule is CCC(CC)NC(=O)CNc1c(F)cccc1F. The number of nitrogens with one attached hydrogen (secondary N) is 2. The first-order chi connectivity index (χ1) is 8.58. The summed E-state index contributed by atoms with van der Waals surface area (Å²) in [5.74, 6) is -1.68. The van der Waals surface area contributed by atoms with Crippen molar-refractivity contribution >= 4 is 11.6 Å². The molecule has 0 spiro atoms. The first-order valence-corrected chi connectivity index (χ1v) is 6.05. The largest absolute Gasteiger partial charge is 0.371 e. The third-order valence-corrected chi connectivity index (χ3v) is 2.74. The summed E-state index contributed by atoms with van der Waals surface area (Å²) in [6.07, 6.45) is 1.66. The highest BCUT2D eigenvalue weighted by Gasteiger charge is 2.11. The molecule has 0 fully saturated rings. The van der Waals surface area contributed by atoms with Crippen LogP contribution in [-0.4, -0.2) is 18.5 Å². The van der Waals surface area contributed by atoms with Gasteiger partial charge >= 0.3 is 0 Å². The van der Waals surface area contributed by atoms with Crippen LogP contribution < -0.4 is 10.6 Å². The predicted octanol–water partition coefficient (Wildman–Crippen LogP) is 2.68. The van der Waals surface area contributed by atoms with Crippen LogP contribution in [0.25, 0.3) is 0 Å². The lowest BCUT2D eigenvalue weighted by atomic mass is 10.2. The van der Waals surface area contributed by atoms with Crippen molar-refractivity contribution in [3.63, 3.8) is 0 Å². The zero-order valence-corrected chi connectivity index (χ0v) is 10.6. The van der Waals surface area contributed by atoms with Gasteiger partial charge in [0, 0.05) is 6.04 Å². The second-order valence-electron chi connectivity index (χ2n) is 4.03. The Balaban J connectivity index is 2.52. The Morgan fingerprint density at radius 1 is 1.22 bits per heavy atom. The van der Waals surface area contributed by atoms with Gasteiger partial charge in [0.2, 0.25) is 5.91 Å². The van der Waals surface area contributed by atoms with Gasteiger partial charge in [0.1, 0.15) is 17.3 Å². The number of anilines is 1. The summed E-state index contributed by atoms with van der Waals surface area (Å²) < 4.78 is 26.5. The van der Waals surface area contributed by atoms with Crippen LogP contribution in [-0.2, 0) is 4.79 Å². The van der Waals surface area contributed by atoms with Gasteiger partial charge in [-0.15, -0.1) is 0 Å². The fourth-order valence-electron chi connectivity index (χ4n) is 1.61. The molecule has 0 heterocycles. The van der Waals surface area contributed by atoms with Crippen LogP contribution >= 0.6 is 0 Å². The standard InChI is InChI=1S/C13H18F2N2O/c1-3-9(4-2)17-12(18)8-16-13-10(14)6-5-7-11(13)15/h5-7,9,16H,3-4,8H2,1-2H3,(H,17,18). The lowest BCUT2D eigenvalue weighted by Gasteiger charge is -2.15. The predicted molar refractivity (Wildman–Crippen MR) is 67.4 cm³/mol. The number of hydrogen-bond acceptors (Lipinski definition) is 2. The third kappa shape index (κ3) is 3.98. The molecule has 1 rings (SSSR count). The molecule has 1 amide bonds. The summed E-state index contributed by atoms with van der Waals surface area (Å²) in [7, 11) is 0. The van der Waals surface area contributed by atoms with E-state index in [-0.39, 0.29) is 24.2 Å². The molecule has 1 aromatic rings. The van der Waals surface area contributed by atoms with E-state index >= 15 is 0 Å². The smallest absolute Gasteiger partial charge is 0.239 e. The van der Waals surface area contributed by atoms with Gasteiger partial charge in [-0.25, -0.2) is 8.78 Å². The number of benzene rings is 1. The van der Waals surface area contributed by atoms with Crippen molar-refractivity contribution in [3.8, 4) is 0 Å². The minimum Gasteiger partial charge on any atom is -0.371 e. The molecule has 0 aliphatic heterocycles. The minimum absolute atomic E-state index is 0.102. The number of amides is 1. The van der Waals surface area contributed by atoms with Gasteiger partial charge in [-0.3, -0.25) is 4.79 Å². The number of halogens is 2. The van der Waals surface area contributed by atoms with Crippen molar-refractivity contribution in [1.29, 1.82) is 0 Å². The average molecular weight is 256 g/mol. The Labute approximate surface area is 106 Å². The summed E-state index contributed by atoms with van der Waals surface area (Å²) in [6, 6.07) is 3.67. The maximum atomic E-state index is 13.3. The molecule has 1 aromatic carbocycles. The number of hydrogen-bond donors (Lipinski definition) is 2. The van der Waals surface area contributed by atoms with Crippen LogP contribution in [0.5, 0.6) is 0 Å². The molecule has 0 aromatic heterocycles. The van der Waals surface area contributed by atoms with E-state index < -0.39 is 11.6 Å². The van der Waals surface area contributed by atoms with Gasteiger partial charge in [0.15, 0.2) is 0 Å². The molecule has 3 nitrogen and oxygen atoms in total. The molecule has 18 heavy (non-hydrogen) atoms. The Morgan fingerprint density at radius 3 is 2.28 bits per heavy atom. The summed E-state index contributed by atoms with van der Waals surface area (Å²) in [4.78, 5) is 11.5. The third-order valence-electron chi connectivity index (χ3n) is 2.74. The molecule has 0 atom stereocenters. The molecular weight excluding hydrogens is 238 g/mol. The fourth-order valence-corrected chi connectivity index (χ4v) is 1.61. The van der Waals surface area contributed by atoms with Crippen molar-refractivity contribution < 1.29 is 13.6 Å². The Kier molecular flexibility index (Phi) is 5.55. The molecule has 0 unspecified atom stereocenters. The van der Waals surface area contributed by atoms with Gasteiger partial charge in [0.25, 0.3) is 0 Å². The zero-order chi connectivity index (χ0) is 13.5. The van der Waals surface area contributed by atoms with E-state index in [4.69, 9.17) is 0 Å². The highest BCUT2D eigenvalue weighted by atomic mass is 19.1. The lowest BCUT2D eigenvalue weighted by Crippen LogP contribution is -2.37. The number of rotatable bonds is 6. The molecule has 0 saturated carbocycles. The van der Waals surface area contributed by atoms with Gasteiger partial charge in [-0.1, -0.05) is 19.9 Å². The maximum Gasteiger partial charge on any atom is 0.239 e. The summed E-state index contributed by atoms with van der Waals surface area (Å²) >= 11 is 0. The van der Waals surface area contributed by atoms with Crippen molar-refractivity contribution in [2.75, 3.05) is 11.9 Å². The van der Waals surface area contributed by atoms with Gasteiger partial charge in [0.05, 0.1) is 6.54 Å². The number of carbonyl (C=O) groups is 1. The summed E-state index contributed by atoms with van der Waals surface area (Å²) in [5, 5.41) is 5.25. The highest BCUT2D eigenvalue weighted by molar-refractivity contribution is 5.81. The van der Waals surface area contributed by atoms with Crippen LogP contribution in [0.2, 0.25) is 0 Å². The van der Waals surface area contributed by atoms with Crippen LogP contribution in [0.4, 0.5) is 14.5 Å². The molecule has 0 saturated heterocycles. The van der Waals surface area contributed by atoms with Crippen molar-refractivity contribution in [3.05, 3.63) is 29.8 Å². The first-order valence-electron chi connectivity index (χ1n) is 6.05. The Hall–Kier alpha value is -1.65. The topological polar surface area (TPSA) is 41.1 Å². The second-order valence-corrected chi connectivity index (χ2v) is 4.03. The Bertz CT molecular complexity index is 386. The molecule has 0 aliphatic carbocycles. The van der Waals surface area contributed by atoms with Gasteiger partial charge in [-0.2, -0.15) is 0 Å². The van der Waals surface area contributed by atoms with E-state index in [0.717, 1.165) is 25.0 Å². The lowest BCUT2D eigenvalue weighted by molar-refractivity contribution is -0.120. The Morgan fingerprint density at radius 2 is 1.78 bits per heavy atom. The van der Waals surface area contributed by atoms with E-state index in [1.54, 1.807) is 0 Å². The van der Waals surface area contributed by atoms with Crippen LogP contribution in [0.15, 0.2) is 18.2 Å². The van der Waals surface area contributed by atoms with Crippen LogP contribution in [0.1, 0.15) is 26.7 Å². The molecule has 100 valence electrons. The summed E-state index contributed by atoms with van der Waals surface area (Å²) in [6.45, 7) is 3.80. The highest BCUT2D eigenvalue weighted by Crippen LogP contribution is 2.17. The molecule has 0 radical (unpaired) electrons. The van der Waals surface area contributed by atoms with Crippen molar-refractivity contribution in [1.82, 2.24) is 5.32 Å². The zero-order valence-electron chi connectivity index (χ0n) is 10.6.